The van der Waals surface area contributed by atoms with Gasteiger partial charge in [-0.25, -0.2) is 0 Å². The Balaban J connectivity index is 2.01. The maximum Gasteiger partial charge on any atom is 0.0309 e. The monoisotopic (exact) mass is 373 g/mol. The molecule has 4 heteroatoms. The molecule has 0 aliphatic heterocycles. The van der Waals surface area contributed by atoms with E-state index in [9.17, 15) is 0 Å². The molecular weight excluding hydrogens is 362 g/mol. The van der Waals surface area contributed by atoms with E-state index in [0.717, 1.165) is 21.8 Å². The van der Waals surface area contributed by atoms with Crippen molar-refractivity contribution in [2.75, 3.05) is 0 Å². The number of hydrogen-bond donors (Lipinski definition) is 1. The Hall–Kier alpha value is -0.160. The second-order valence-corrected chi connectivity index (χ2v) is 6.69. The maximum atomic E-state index is 6.22. The number of halogens is 2. The summed E-state index contributed by atoms with van der Waals surface area (Å²) in [5.41, 5.74) is 7.39. The standard InChI is InChI=1S/C13H13Br2NS/c14-9-3-5-11(12(15)8-9)13(16)6-4-10-2-1-7-17-10/h1-3,5,7-8,13H,4,6,16H2. The Labute approximate surface area is 122 Å². The van der Waals surface area contributed by atoms with Crippen molar-refractivity contribution in [3.05, 3.63) is 55.1 Å². The van der Waals surface area contributed by atoms with Gasteiger partial charge in [0.15, 0.2) is 0 Å². The molecule has 2 rings (SSSR count). The van der Waals surface area contributed by atoms with Crippen LogP contribution in [0.3, 0.4) is 0 Å². The van der Waals surface area contributed by atoms with Crippen molar-refractivity contribution < 1.29 is 0 Å². The summed E-state index contributed by atoms with van der Waals surface area (Å²) in [7, 11) is 0. The van der Waals surface area contributed by atoms with Gasteiger partial charge in [-0.1, -0.05) is 44.0 Å². The molecule has 1 aromatic heterocycles. The third kappa shape index (κ3) is 3.65. The van der Waals surface area contributed by atoms with E-state index in [1.165, 1.54) is 10.4 Å². The van der Waals surface area contributed by atoms with Gasteiger partial charge in [0, 0.05) is 19.9 Å². The topological polar surface area (TPSA) is 26.0 Å². The number of aryl methyl sites for hydroxylation is 1. The van der Waals surface area contributed by atoms with Crippen molar-refractivity contribution in [3.63, 3.8) is 0 Å². The highest BCUT2D eigenvalue weighted by Gasteiger charge is 2.10. The van der Waals surface area contributed by atoms with Crippen LogP contribution < -0.4 is 5.73 Å². The summed E-state index contributed by atoms with van der Waals surface area (Å²) in [5.74, 6) is 0. The van der Waals surface area contributed by atoms with Crippen LogP contribution in [0.2, 0.25) is 0 Å². The van der Waals surface area contributed by atoms with Crippen molar-refractivity contribution in [2.24, 2.45) is 5.73 Å². The molecule has 17 heavy (non-hydrogen) atoms. The average Bonchev–Trinajstić information content (AvgIpc) is 2.78. The minimum absolute atomic E-state index is 0.0829. The first kappa shape index (κ1) is 13.3. The minimum Gasteiger partial charge on any atom is -0.324 e. The third-order valence-electron chi connectivity index (χ3n) is 2.64. The molecule has 0 saturated carbocycles. The number of thiophene rings is 1. The summed E-state index contributed by atoms with van der Waals surface area (Å²) in [6, 6.07) is 10.5. The third-order valence-corrected chi connectivity index (χ3v) is 4.76. The molecule has 0 spiro atoms. The van der Waals surface area contributed by atoms with E-state index < -0.39 is 0 Å². The van der Waals surface area contributed by atoms with Crippen LogP contribution in [-0.2, 0) is 6.42 Å². The summed E-state index contributed by atoms with van der Waals surface area (Å²) < 4.78 is 2.14. The maximum absolute atomic E-state index is 6.22. The highest BCUT2D eigenvalue weighted by molar-refractivity contribution is 9.11. The van der Waals surface area contributed by atoms with Crippen molar-refractivity contribution in [1.29, 1.82) is 0 Å². The molecule has 1 aromatic carbocycles. The van der Waals surface area contributed by atoms with Gasteiger partial charge in [0.1, 0.15) is 0 Å². The molecule has 0 aliphatic carbocycles. The highest BCUT2D eigenvalue weighted by atomic mass is 79.9. The fraction of sp³-hybridized carbons (Fsp3) is 0.231. The van der Waals surface area contributed by atoms with Gasteiger partial charge in [-0.15, -0.1) is 11.3 Å². The van der Waals surface area contributed by atoms with Gasteiger partial charge in [-0.3, -0.25) is 0 Å². The molecule has 0 radical (unpaired) electrons. The van der Waals surface area contributed by atoms with Gasteiger partial charge in [0.25, 0.3) is 0 Å². The van der Waals surface area contributed by atoms with Gasteiger partial charge in [0.2, 0.25) is 0 Å². The Morgan fingerprint density at radius 3 is 2.71 bits per heavy atom. The summed E-state index contributed by atoms with van der Waals surface area (Å²) in [6.07, 6.45) is 2.02. The van der Waals surface area contributed by atoms with Gasteiger partial charge in [-0.2, -0.15) is 0 Å². The molecule has 1 atom stereocenters. The van der Waals surface area contributed by atoms with Crippen LogP contribution in [0.25, 0.3) is 0 Å². The zero-order chi connectivity index (χ0) is 12.3. The zero-order valence-corrected chi connectivity index (χ0v) is 13.2. The second-order valence-electron chi connectivity index (χ2n) is 3.89. The lowest BCUT2D eigenvalue weighted by atomic mass is 10.0. The molecule has 1 unspecified atom stereocenters. The van der Waals surface area contributed by atoms with Crippen LogP contribution >= 0.6 is 43.2 Å². The van der Waals surface area contributed by atoms with E-state index in [4.69, 9.17) is 5.73 Å². The SMILES string of the molecule is NC(CCc1cccs1)c1ccc(Br)cc1Br. The number of nitrogens with two attached hydrogens (primary N) is 1. The van der Waals surface area contributed by atoms with Crippen LogP contribution in [0.5, 0.6) is 0 Å². The lowest BCUT2D eigenvalue weighted by Gasteiger charge is -2.13. The summed E-state index contributed by atoms with van der Waals surface area (Å²) in [6.45, 7) is 0. The normalized spacial score (nSPS) is 12.6. The molecule has 0 amide bonds. The zero-order valence-electron chi connectivity index (χ0n) is 9.20. The summed E-state index contributed by atoms with van der Waals surface area (Å²) in [5, 5.41) is 2.11. The fourth-order valence-electron chi connectivity index (χ4n) is 1.71. The quantitative estimate of drug-likeness (QED) is 0.808. The molecular formula is C13H13Br2NS. The van der Waals surface area contributed by atoms with Gasteiger partial charge in [0.05, 0.1) is 0 Å². The first-order valence-electron chi connectivity index (χ1n) is 5.39. The molecule has 0 aliphatic rings. The largest absolute Gasteiger partial charge is 0.324 e. The van der Waals surface area contributed by atoms with Gasteiger partial charge < -0.3 is 5.73 Å². The van der Waals surface area contributed by atoms with Crippen LogP contribution in [0.4, 0.5) is 0 Å². The number of hydrogen-bond acceptors (Lipinski definition) is 2. The van der Waals surface area contributed by atoms with Gasteiger partial charge in [-0.05, 0) is 42.0 Å². The number of benzene rings is 1. The van der Waals surface area contributed by atoms with E-state index in [-0.39, 0.29) is 6.04 Å². The van der Waals surface area contributed by atoms with E-state index >= 15 is 0 Å². The van der Waals surface area contributed by atoms with Crippen LogP contribution in [0.1, 0.15) is 22.9 Å². The average molecular weight is 375 g/mol. The molecule has 0 saturated heterocycles. The van der Waals surface area contributed by atoms with E-state index in [2.05, 4.69) is 55.4 Å². The van der Waals surface area contributed by atoms with Crippen LogP contribution in [0.15, 0.2) is 44.7 Å². The first-order chi connectivity index (χ1) is 8.16. The molecule has 2 aromatic rings. The number of rotatable bonds is 4. The molecule has 0 fully saturated rings. The fourth-order valence-corrected chi connectivity index (χ4v) is 3.78. The summed E-state index contributed by atoms with van der Waals surface area (Å²) in [4.78, 5) is 1.40. The van der Waals surface area contributed by atoms with Gasteiger partial charge >= 0.3 is 0 Å². The van der Waals surface area contributed by atoms with Crippen molar-refractivity contribution >= 4 is 43.2 Å². The smallest absolute Gasteiger partial charge is 0.0309 e. The lowest BCUT2D eigenvalue weighted by Crippen LogP contribution is -2.11. The predicted octanol–water partition coefficient (Wildman–Crippen LogP) is 4.91. The van der Waals surface area contributed by atoms with E-state index in [1.807, 2.05) is 12.1 Å². The summed E-state index contributed by atoms with van der Waals surface area (Å²) >= 11 is 8.80. The second kappa shape index (κ2) is 6.14. The first-order valence-corrected chi connectivity index (χ1v) is 7.86. The van der Waals surface area contributed by atoms with E-state index in [1.54, 1.807) is 11.3 Å². The van der Waals surface area contributed by atoms with Crippen molar-refractivity contribution in [2.45, 2.75) is 18.9 Å². The Kier molecular flexibility index (Phi) is 4.79. The Morgan fingerprint density at radius 2 is 2.06 bits per heavy atom. The molecule has 0 bridgehead atoms. The predicted molar refractivity (Wildman–Crippen MR) is 81.4 cm³/mol. The lowest BCUT2D eigenvalue weighted by molar-refractivity contribution is 0.653. The molecule has 1 heterocycles. The molecule has 2 N–H and O–H groups in total. The Bertz CT molecular complexity index is 482. The molecule has 90 valence electrons. The van der Waals surface area contributed by atoms with E-state index in [0.29, 0.717) is 0 Å². The van der Waals surface area contributed by atoms with Crippen LogP contribution in [-0.4, -0.2) is 0 Å². The van der Waals surface area contributed by atoms with Crippen molar-refractivity contribution in [1.82, 2.24) is 0 Å². The Morgan fingerprint density at radius 1 is 1.24 bits per heavy atom. The van der Waals surface area contributed by atoms with Crippen LogP contribution in [0, 0.1) is 0 Å². The molecule has 1 nitrogen and oxygen atoms in total. The van der Waals surface area contributed by atoms with Crippen molar-refractivity contribution in [3.8, 4) is 0 Å². The minimum atomic E-state index is 0.0829. The highest BCUT2D eigenvalue weighted by Crippen LogP contribution is 2.28.